The van der Waals surface area contributed by atoms with E-state index in [1.807, 2.05) is 0 Å². The van der Waals surface area contributed by atoms with Gasteiger partial charge in [0.25, 0.3) is 0 Å². The van der Waals surface area contributed by atoms with Crippen molar-refractivity contribution in [1.82, 2.24) is 10.7 Å². The molecule has 0 fully saturated rings. The Morgan fingerprint density at radius 1 is 1.35 bits per heavy atom. The van der Waals surface area contributed by atoms with E-state index in [-0.39, 0.29) is 12.0 Å². The van der Waals surface area contributed by atoms with Gasteiger partial charge in [-0.05, 0) is 31.4 Å². The molecule has 0 spiro atoms. The van der Waals surface area contributed by atoms with E-state index in [1.165, 1.54) is 13.2 Å². The number of ether oxygens (including phenoxy) is 1. The Balaban J connectivity index is 2.35. The Morgan fingerprint density at radius 2 is 2.09 bits per heavy atom. The fourth-order valence-corrected chi connectivity index (χ4v) is 2.44. The summed E-state index contributed by atoms with van der Waals surface area (Å²) in [5.74, 6) is 0. The SMILES string of the molecule is COCCCc1ccc(C2=NNC(=O)N[C@H]2C)cc1C(F)(F)F. The predicted octanol–water partition coefficient (Wildman–Crippen LogP) is 2.69. The minimum absolute atomic E-state index is 0.222. The number of alkyl halides is 3. The average molecular weight is 329 g/mol. The number of aryl methyl sites for hydroxylation is 1. The number of urea groups is 1. The van der Waals surface area contributed by atoms with E-state index in [0.29, 0.717) is 24.3 Å². The maximum absolute atomic E-state index is 13.3. The normalized spacial score (nSPS) is 18.2. The van der Waals surface area contributed by atoms with Crippen molar-refractivity contribution in [2.75, 3.05) is 13.7 Å². The van der Waals surface area contributed by atoms with Gasteiger partial charge in [0.05, 0.1) is 17.3 Å². The van der Waals surface area contributed by atoms with E-state index in [1.54, 1.807) is 13.0 Å². The third-order valence-corrected chi connectivity index (χ3v) is 3.54. The van der Waals surface area contributed by atoms with Crippen LogP contribution in [0.15, 0.2) is 23.3 Å². The zero-order valence-electron chi connectivity index (χ0n) is 12.8. The number of rotatable bonds is 5. The molecule has 1 aromatic carbocycles. The molecule has 0 saturated carbocycles. The molecule has 2 N–H and O–H groups in total. The highest BCUT2D eigenvalue weighted by atomic mass is 19.4. The summed E-state index contributed by atoms with van der Waals surface area (Å²) >= 11 is 0. The van der Waals surface area contributed by atoms with E-state index in [2.05, 4.69) is 15.8 Å². The van der Waals surface area contributed by atoms with E-state index >= 15 is 0 Å². The molecule has 8 heteroatoms. The Kier molecular flexibility index (Phi) is 5.25. The molecule has 0 bridgehead atoms. The summed E-state index contributed by atoms with van der Waals surface area (Å²) < 4.78 is 44.8. The summed E-state index contributed by atoms with van der Waals surface area (Å²) in [5.41, 5.74) is 2.44. The number of amides is 2. The van der Waals surface area contributed by atoms with E-state index in [0.717, 1.165) is 6.07 Å². The lowest BCUT2D eigenvalue weighted by atomic mass is 9.95. The van der Waals surface area contributed by atoms with Crippen LogP contribution in [0.4, 0.5) is 18.0 Å². The van der Waals surface area contributed by atoms with Crippen molar-refractivity contribution in [3.05, 3.63) is 34.9 Å². The molecule has 1 aliphatic heterocycles. The monoisotopic (exact) mass is 329 g/mol. The summed E-state index contributed by atoms with van der Waals surface area (Å²) in [6.07, 6.45) is -3.67. The number of hydrazone groups is 1. The van der Waals surface area contributed by atoms with Gasteiger partial charge in [-0.3, -0.25) is 0 Å². The molecule has 1 aliphatic rings. The van der Waals surface area contributed by atoms with Crippen LogP contribution in [0.25, 0.3) is 0 Å². The van der Waals surface area contributed by atoms with Crippen LogP contribution in [0.2, 0.25) is 0 Å². The average Bonchev–Trinajstić information content (AvgIpc) is 2.47. The van der Waals surface area contributed by atoms with Gasteiger partial charge in [-0.25, -0.2) is 10.2 Å². The lowest BCUT2D eigenvalue weighted by Gasteiger charge is -2.22. The van der Waals surface area contributed by atoms with Gasteiger partial charge in [0.1, 0.15) is 0 Å². The second-order valence-electron chi connectivity index (χ2n) is 5.27. The lowest BCUT2D eigenvalue weighted by molar-refractivity contribution is -0.138. The van der Waals surface area contributed by atoms with Gasteiger partial charge in [-0.1, -0.05) is 12.1 Å². The quantitative estimate of drug-likeness (QED) is 0.816. The molecule has 2 amide bonds. The smallest absolute Gasteiger partial charge is 0.385 e. The number of nitrogens with one attached hydrogen (secondary N) is 2. The highest BCUT2D eigenvalue weighted by Crippen LogP contribution is 2.33. The maximum atomic E-state index is 13.3. The maximum Gasteiger partial charge on any atom is 0.416 e. The van der Waals surface area contributed by atoms with Crippen molar-refractivity contribution in [1.29, 1.82) is 0 Å². The minimum atomic E-state index is -4.45. The van der Waals surface area contributed by atoms with Crippen molar-refractivity contribution in [3.63, 3.8) is 0 Å². The Hall–Kier alpha value is -2.09. The Labute approximate surface area is 131 Å². The third-order valence-electron chi connectivity index (χ3n) is 3.54. The summed E-state index contributed by atoms with van der Waals surface area (Å²) in [7, 11) is 1.51. The third kappa shape index (κ3) is 4.22. The molecule has 0 unspecified atom stereocenters. The highest BCUT2D eigenvalue weighted by Gasteiger charge is 2.34. The number of benzene rings is 1. The van der Waals surface area contributed by atoms with Gasteiger partial charge in [0, 0.05) is 19.3 Å². The second-order valence-corrected chi connectivity index (χ2v) is 5.27. The van der Waals surface area contributed by atoms with E-state index < -0.39 is 23.8 Å². The van der Waals surface area contributed by atoms with Gasteiger partial charge in [-0.15, -0.1) is 0 Å². The van der Waals surface area contributed by atoms with E-state index in [9.17, 15) is 18.0 Å². The number of hydrogen-bond acceptors (Lipinski definition) is 3. The first-order valence-corrected chi connectivity index (χ1v) is 7.16. The van der Waals surface area contributed by atoms with Crippen LogP contribution in [0.3, 0.4) is 0 Å². The van der Waals surface area contributed by atoms with Crippen molar-refractivity contribution in [2.24, 2.45) is 5.10 Å². The van der Waals surface area contributed by atoms with Crippen molar-refractivity contribution in [2.45, 2.75) is 32.0 Å². The van der Waals surface area contributed by atoms with Gasteiger partial charge in [0.2, 0.25) is 0 Å². The molecule has 0 saturated heterocycles. The van der Waals surface area contributed by atoms with Crippen LogP contribution in [-0.2, 0) is 17.3 Å². The molecule has 23 heavy (non-hydrogen) atoms. The molecule has 0 aromatic heterocycles. The van der Waals surface area contributed by atoms with E-state index in [4.69, 9.17) is 4.74 Å². The van der Waals surface area contributed by atoms with Gasteiger partial charge in [0.15, 0.2) is 0 Å². The standard InChI is InChI=1S/C15H18F3N3O2/c1-9-13(20-21-14(22)19-9)11-6-5-10(4-3-7-23-2)12(8-11)15(16,17)18/h5-6,8-9H,3-4,7H2,1-2H3,(H2,19,21,22)/t9-/m0/s1. The molecular weight excluding hydrogens is 311 g/mol. The number of nitrogens with zero attached hydrogens (tertiary/aromatic N) is 1. The Bertz CT molecular complexity index is 614. The Morgan fingerprint density at radius 3 is 2.70 bits per heavy atom. The van der Waals surface area contributed by atoms with Crippen LogP contribution in [0.1, 0.15) is 30.0 Å². The largest absolute Gasteiger partial charge is 0.416 e. The summed E-state index contributed by atoms with van der Waals surface area (Å²) in [6.45, 7) is 2.07. The van der Waals surface area contributed by atoms with Crippen molar-refractivity contribution in [3.8, 4) is 0 Å². The second kappa shape index (κ2) is 6.99. The molecule has 2 rings (SSSR count). The fraction of sp³-hybridized carbons (Fsp3) is 0.467. The summed E-state index contributed by atoms with van der Waals surface area (Å²) in [5, 5.41) is 6.42. The summed E-state index contributed by atoms with van der Waals surface area (Å²) in [6, 6.07) is 3.18. The van der Waals surface area contributed by atoms with Gasteiger partial charge >= 0.3 is 12.2 Å². The molecule has 126 valence electrons. The number of carbonyl (C=O) groups is 1. The molecule has 1 aromatic rings. The fourth-order valence-electron chi connectivity index (χ4n) is 2.44. The van der Waals surface area contributed by atoms with Crippen LogP contribution in [0, 0.1) is 0 Å². The number of methoxy groups -OCH3 is 1. The number of hydrogen-bond donors (Lipinski definition) is 2. The zero-order valence-corrected chi connectivity index (χ0v) is 12.8. The topological polar surface area (TPSA) is 62.7 Å². The number of halogens is 3. The first-order valence-electron chi connectivity index (χ1n) is 7.16. The summed E-state index contributed by atoms with van der Waals surface area (Å²) in [4.78, 5) is 11.2. The van der Waals surface area contributed by atoms with Crippen molar-refractivity contribution < 1.29 is 22.7 Å². The molecular formula is C15H18F3N3O2. The molecule has 1 heterocycles. The first kappa shape index (κ1) is 17.3. The minimum Gasteiger partial charge on any atom is -0.385 e. The van der Waals surface area contributed by atoms with Crippen LogP contribution < -0.4 is 10.7 Å². The molecule has 5 nitrogen and oxygen atoms in total. The van der Waals surface area contributed by atoms with Crippen LogP contribution >= 0.6 is 0 Å². The lowest BCUT2D eigenvalue weighted by Crippen LogP contribution is -2.48. The zero-order chi connectivity index (χ0) is 17.0. The number of carbonyl (C=O) groups excluding carboxylic acids is 1. The van der Waals surface area contributed by atoms with Crippen LogP contribution in [0.5, 0.6) is 0 Å². The van der Waals surface area contributed by atoms with Gasteiger partial charge < -0.3 is 10.1 Å². The molecule has 1 atom stereocenters. The molecule has 0 aliphatic carbocycles. The highest BCUT2D eigenvalue weighted by molar-refractivity contribution is 6.07. The first-order chi connectivity index (χ1) is 10.8. The van der Waals surface area contributed by atoms with Crippen molar-refractivity contribution >= 4 is 11.7 Å². The molecule has 0 radical (unpaired) electrons. The van der Waals surface area contributed by atoms with Gasteiger partial charge in [-0.2, -0.15) is 18.3 Å². The predicted molar refractivity (Wildman–Crippen MR) is 79.3 cm³/mol. The van der Waals surface area contributed by atoms with Crippen LogP contribution in [-0.4, -0.2) is 31.5 Å².